The molecule has 1 aliphatic heterocycles. The summed E-state index contributed by atoms with van der Waals surface area (Å²) in [6.07, 6.45) is 0. The Balaban J connectivity index is 2.28. The van der Waals surface area contributed by atoms with Gasteiger partial charge in [0.05, 0.1) is 20.3 Å². The van der Waals surface area contributed by atoms with Crippen LogP contribution in [0.5, 0.6) is 6.01 Å². The molecule has 0 spiro atoms. The Kier molecular flexibility index (Phi) is 4.82. The van der Waals surface area contributed by atoms with Crippen molar-refractivity contribution in [3.05, 3.63) is 5.82 Å². The van der Waals surface area contributed by atoms with Gasteiger partial charge in [0.15, 0.2) is 0 Å². The maximum absolute atomic E-state index is 10.7. The first-order chi connectivity index (χ1) is 10.1. The van der Waals surface area contributed by atoms with E-state index in [9.17, 15) is 4.79 Å². The number of aromatic nitrogens is 3. The van der Waals surface area contributed by atoms with E-state index in [1.807, 2.05) is 4.90 Å². The largest absolute Gasteiger partial charge is 0.467 e. The van der Waals surface area contributed by atoms with Crippen LogP contribution in [0.3, 0.4) is 0 Å². The monoisotopic (exact) mass is 296 g/mol. The molecule has 0 bridgehead atoms. The molecule has 0 unspecified atom stereocenters. The zero-order valence-electron chi connectivity index (χ0n) is 11.8. The second-order valence-corrected chi connectivity index (χ2v) is 4.10. The number of amidine groups is 1. The van der Waals surface area contributed by atoms with Crippen LogP contribution in [-0.2, 0) is 14.4 Å². The third kappa shape index (κ3) is 3.99. The van der Waals surface area contributed by atoms with Gasteiger partial charge in [0.1, 0.15) is 0 Å². The van der Waals surface area contributed by atoms with Gasteiger partial charge in [-0.15, -0.1) is 0 Å². The highest BCUT2D eigenvalue weighted by atomic mass is 16.7. The van der Waals surface area contributed by atoms with E-state index >= 15 is 0 Å². The lowest BCUT2D eigenvalue weighted by Gasteiger charge is -2.26. The molecule has 1 fully saturated rings. The Morgan fingerprint density at radius 3 is 2.67 bits per heavy atom. The first kappa shape index (κ1) is 14.9. The molecule has 0 aliphatic carbocycles. The summed E-state index contributed by atoms with van der Waals surface area (Å²) in [6, 6.07) is 0.0995. The van der Waals surface area contributed by atoms with Gasteiger partial charge < -0.3 is 24.9 Å². The summed E-state index contributed by atoms with van der Waals surface area (Å²) < 4.78 is 10.3. The van der Waals surface area contributed by atoms with Crippen LogP contribution >= 0.6 is 0 Å². The maximum Gasteiger partial charge on any atom is 0.332 e. The van der Waals surface area contributed by atoms with Gasteiger partial charge in [-0.05, 0) is 0 Å². The molecule has 2 rings (SSSR count). The van der Waals surface area contributed by atoms with Gasteiger partial charge in [0, 0.05) is 20.0 Å². The number of morpholine rings is 1. The van der Waals surface area contributed by atoms with Gasteiger partial charge in [0.2, 0.25) is 17.6 Å². The quantitative estimate of drug-likeness (QED) is 0.319. The van der Waals surface area contributed by atoms with Crippen LogP contribution in [0.25, 0.3) is 0 Å². The number of methoxy groups -OCH3 is 1. The molecule has 0 saturated carbocycles. The normalized spacial score (nSPS) is 15.7. The van der Waals surface area contributed by atoms with Crippen molar-refractivity contribution in [2.45, 2.75) is 6.92 Å². The van der Waals surface area contributed by atoms with E-state index in [0.717, 1.165) is 0 Å². The van der Waals surface area contributed by atoms with Gasteiger partial charge in [0.25, 0.3) is 0 Å². The van der Waals surface area contributed by atoms with Crippen molar-refractivity contribution in [1.82, 2.24) is 15.0 Å². The number of ether oxygens (including phenoxy) is 2. The summed E-state index contributed by atoms with van der Waals surface area (Å²) in [6.45, 7) is 3.67. The Labute approximate surface area is 120 Å². The van der Waals surface area contributed by atoms with E-state index in [1.54, 1.807) is 0 Å². The highest BCUT2D eigenvalue weighted by molar-refractivity contribution is 5.94. The summed E-state index contributed by atoms with van der Waals surface area (Å²) in [5, 5.41) is 3.45. The second kappa shape index (κ2) is 6.79. The zero-order chi connectivity index (χ0) is 15.2. The van der Waals surface area contributed by atoms with E-state index in [1.165, 1.54) is 14.0 Å². The maximum atomic E-state index is 10.7. The Morgan fingerprint density at radius 1 is 1.33 bits per heavy atom. The third-order valence-electron chi connectivity index (χ3n) is 2.58. The summed E-state index contributed by atoms with van der Waals surface area (Å²) in [7, 11) is 1.43. The van der Waals surface area contributed by atoms with Crippen LogP contribution < -0.4 is 15.4 Å². The van der Waals surface area contributed by atoms with Crippen molar-refractivity contribution in [2.24, 2.45) is 10.9 Å². The average Bonchev–Trinajstić information content (AvgIpc) is 2.52. The number of oxime groups is 1. The van der Waals surface area contributed by atoms with Crippen molar-refractivity contribution >= 4 is 17.8 Å². The first-order valence-corrected chi connectivity index (χ1v) is 6.24. The van der Waals surface area contributed by atoms with Crippen LogP contribution in [0.15, 0.2) is 5.16 Å². The number of hydrogen-bond acceptors (Lipinski definition) is 9. The molecular formula is C11H16N6O4. The first-order valence-electron chi connectivity index (χ1n) is 6.24. The lowest BCUT2D eigenvalue weighted by molar-refractivity contribution is -0.140. The van der Waals surface area contributed by atoms with Crippen LogP contribution in [0.1, 0.15) is 12.7 Å². The fraction of sp³-hybridized carbons (Fsp3) is 0.545. The third-order valence-corrected chi connectivity index (χ3v) is 2.58. The Bertz CT molecular complexity index is 544. The van der Waals surface area contributed by atoms with Gasteiger partial charge in [-0.3, -0.25) is 0 Å². The van der Waals surface area contributed by atoms with Crippen molar-refractivity contribution in [3.63, 3.8) is 0 Å². The molecule has 0 amide bonds. The highest BCUT2D eigenvalue weighted by Gasteiger charge is 2.18. The summed E-state index contributed by atoms with van der Waals surface area (Å²) in [4.78, 5) is 29.5. The molecule has 0 radical (unpaired) electrons. The summed E-state index contributed by atoms with van der Waals surface area (Å²) in [5.74, 6) is -0.251. The smallest absolute Gasteiger partial charge is 0.332 e. The number of nitrogens with two attached hydrogens (primary N) is 1. The predicted molar refractivity (Wildman–Crippen MR) is 71.9 cm³/mol. The lowest BCUT2D eigenvalue weighted by atomic mass is 10.4. The number of hydrogen-bond donors (Lipinski definition) is 1. The molecule has 0 aromatic carbocycles. The fourth-order valence-corrected chi connectivity index (χ4v) is 1.61. The fourth-order valence-electron chi connectivity index (χ4n) is 1.61. The highest BCUT2D eigenvalue weighted by Crippen LogP contribution is 2.13. The lowest BCUT2D eigenvalue weighted by Crippen LogP contribution is -2.38. The molecule has 0 atom stereocenters. The summed E-state index contributed by atoms with van der Waals surface area (Å²) in [5.41, 5.74) is 5.69. The Hall–Kier alpha value is -2.49. The molecule has 1 saturated heterocycles. The van der Waals surface area contributed by atoms with Crippen molar-refractivity contribution in [2.75, 3.05) is 38.3 Å². The van der Waals surface area contributed by atoms with E-state index in [-0.39, 0.29) is 17.7 Å². The van der Waals surface area contributed by atoms with Crippen LogP contribution in [0.2, 0.25) is 0 Å². The van der Waals surface area contributed by atoms with Crippen molar-refractivity contribution < 1.29 is 19.1 Å². The number of anilines is 1. The molecule has 1 aromatic heterocycles. The van der Waals surface area contributed by atoms with Crippen LogP contribution in [0.4, 0.5) is 5.95 Å². The van der Waals surface area contributed by atoms with Gasteiger partial charge in [-0.1, -0.05) is 5.16 Å². The Morgan fingerprint density at radius 2 is 2.05 bits per heavy atom. The molecule has 10 heteroatoms. The molecule has 10 nitrogen and oxygen atoms in total. The molecule has 2 N–H and O–H groups in total. The van der Waals surface area contributed by atoms with Gasteiger partial charge in [-0.25, -0.2) is 4.79 Å². The number of rotatable bonds is 4. The van der Waals surface area contributed by atoms with E-state index in [2.05, 4.69) is 24.9 Å². The predicted octanol–water partition coefficient (Wildman–Crippen LogP) is -1.10. The molecule has 1 aromatic rings. The van der Waals surface area contributed by atoms with Crippen LogP contribution in [-0.4, -0.2) is 60.2 Å². The standard InChI is InChI=1S/C11H16N6O4/c1-7(18)21-16-8(12)9-13-10(15-11(14-9)19-2)17-3-5-20-6-4-17/h3-6H2,1-2H3,(H2,12,16). The number of carbonyl (C=O) groups excluding carboxylic acids is 1. The van der Waals surface area contributed by atoms with Gasteiger partial charge >= 0.3 is 12.0 Å². The minimum Gasteiger partial charge on any atom is -0.467 e. The number of nitrogens with zero attached hydrogens (tertiary/aromatic N) is 5. The summed E-state index contributed by atoms with van der Waals surface area (Å²) >= 11 is 0. The minimum absolute atomic E-state index is 0.0737. The SMILES string of the molecule is COc1nc(/C(N)=N/OC(C)=O)nc(N2CCOCC2)n1. The van der Waals surface area contributed by atoms with Gasteiger partial charge in [-0.2, -0.15) is 15.0 Å². The average molecular weight is 296 g/mol. The zero-order valence-corrected chi connectivity index (χ0v) is 11.8. The molecule has 1 aliphatic rings. The molecule has 21 heavy (non-hydrogen) atoms. The minimum atomic E-state index is -0.590. The second-order valence-electron chi connectivity index (χ2n) is 4.10. The molecular weight excluding hydrogens is 280 g/mol. The van der Waals surface area contributed by atoms with Crippen molar-refractivity contribution in [1.29, 1.82) is 0 Å². The molecule has 2 heterocycles. The van der Waals surface area contributed by atoms with E-state index in [0.29, 0.717) is 32.3 Å². The van der Waals surface area contributed by atoms with Crippen LogP contribution in [0, 0.1) is 0 Å². The number of carbonyl (C=O) groups is 1. The topological polar surface area (TPSA) is 125 Å². The van der Waals surface area contributed by atoms with Crippen molar-refractivity contribution in [3.8, 4) is 6.01 Å². The molecule has 114 valence electrons. The van der Waals surface area contributed by atoms with E-state index < -0.39 is 5.97 Å². The van der Waals surface area contributed by atoms with E-state index in [4.69, 9.17) is 15.2 Å².